The molecule has 0 aliphatic rings. The monoisotopic (exact) mass is 240 g/mol. The Labute approximate surface area is 89.5 Å². The second kappa shape index (κ2) is 8.61. The van der Waals surface area contributed by atoms with Gasteiger partial charge in [0.25, 0.3) is 0 Å². The number of carboxylic acid groups (broad SMARTS) is 1. The summed E-state index contributed by atoms with van der Waals surface area (Å²) < 4.78 is 24.4. The van der Waals surface area contributed by atoms with Crippen LogP contribution in [0, 0.1) is 0 Å². The van der Waals surface area contributed by atoms with Crippen LogP contribution in [0.3, 0.4) is 0 Å². The van der Waals surface area contributed by atoms with Crippen LogP contribution in [0.5, 0.6) is 0 Å². The van der Waals surface area contributed by atoms with Crippen molar-refractivity contribution in [2.45, 2.75) is 13.8 Å². The quantitative estimate of drug-likeness (QED) is 0.585. The molecule has 0 aromatic rings. The van der Waals surface area contributed by atoms with Crippen molar-refractivity contribution in [1.82, 2.24) is 0 Å². The van der Waals surface area contributed by atoms with Crippen LogP contribution >= 0.6 is 7.82 Å². The summed E-state index contributed by atoms with van der Waals surface area (Å²) in [6.45, 7) is 6.63. The lowest BCUT2D eigenvalue weighted by Gasteiger charge is -2.10. The van der Waals surface area contributed by atoms with Gasteiger partial charge in [-0.1, -0.05) is 6.58 Å². The first kappa shape index (κ1) is 16.7. The third-order valence-corrected chi connectivity index (χ3v) is 2.57. The van der Waals surface area contributed by atoms with Gasteiger partial charge in [-0.2, -0.15) is 0 Å². The topological polar surface area (TPSA) is 82.1 Å². The van der Waals surface area contributed by atoms with Crippen LogP contribution in [0.25, 0.3) is 0 Å². The van der Waals surface area contributed by atoms with Gasteiger partial charge in [0.05, 0.1) is 6.61 Å². The van der Waals surface area contributed by atoms with Gasteiger partial charge in [0.2, 0.25) is 0 Å². The number of phosphoric ester groups is 1. The fraction of sp³-hybridized carbons (Fsp3) is 0.625. The van der Waals surface area contributed by atoms with Crippen molar-refractivity contribution >= 4 is 13.8 Å². The predicted molar refractivity (Wildman–Crippen MR) is 55.7 cm³/mol. The fourth-order valence-electron chi connectivity index (χ4n) is 0.338. The van der Waals surface area contributed by atoms with E-state index in [0.29, 0.717) is 6.61 Å². The highest BCUT2D eigenvalue weighted by Gasteiger charge is 2.20. The Bertz CT molecular complexity index is 230. The standard InChI is InChI=1S/C4H11O4P.C4H6O2/c1-4-8-9(5,6-2)7-3;1-3(2)4(5)6/h4H2,1-3H3;1H2,2H3,(H,5,6). The Morgan fingerprint density at radius 2 is 1.73 bits per heavy atom. The van der Waals surface area contributed by atoms with Crippen LogP contribution in [-0.4, -0.2) is 31.9 Å². The maximum absolute atomic E-state index is 10.9. The summed E-state index contributed by atoms with van der Waals surface area (Å²) in [5.74, 6) is -0.935. The molecule has 0 aromatic heterocycles. The van der Waals surface area contributed by atoms with Crippen molar-refractivity contribution < 1.29 is 28.0 Å². The summed E-state index contributed by atoms with van der Waals surface area (Å²) in [6, 6.07) is 0. The molecule has 0 aromatic carbocycles. The molecule has 0 aliphatic heterocycles. The van der Waals surface area contributed by atoms with Gasteiger partial charge in [-0.25, -0.2) is 9.36 Å². The lowest BCUT2D eigenvalue weighted by atomic mass is 10.4. The second-order valence-electron chi connectivity index (χ2n) is 2.32. The van der Waals surface area contributed by atoms with Crippen LogP contribution in [0.15, 0.2) is 12.2 Å². The molecule has 0 rings (SSSR count). The highest BCUT2D eigenvalue weighted by molar-refractivity contribution is 7.48. The van der Waals surface area contributed by atoms with Gasteiger partial charge >= 0.3 is 13.8 Å². The Morgan fingerprint density at radius 3 is 1.80 bits per heavy atom. The Kier molecular flexibility index (Phi) is 9.61. The Hall–Kier alpha value is -0.680. The summed E-state index contributed by atoms with van der Waals surface area (Å²) in [4.78, 5) is 9.60. The van der Waals surface area contributed by atoms with E-state index in [0.717, 1.165) is 0 Å². The molecule has 0 radical (unpaired) electrons. The molecule has 0 unspecified atom stereocenters. The average molecular weight is 240 g/mol. The molecule has 0 atom stereocenters. The van der Waals surface area contributed by atoms with Gasteiger partial charge in [0.15, 0.2) is 0 Å². The fourth-order valence-corrected chi connectivity index (χ4v) is 1.01. The zero-order valence-corrected chi connectivity index (χ0v) is 10.2. The highest BCUT2D eigenvalue weighted by Crippen LogP contribution is 2.47. The van der Waals surface area contributed by atoms with Crippen LogP contribution in [0.4, 0.5) is 0 Å². The average Bonchev–Trinajstić information content (AvgIpc) is 2.19. The minimum atomic E-state index is -3.18. The molecule has 0 spiro atoms. The molecule has 15 heavy (non-hydrogen) atoms. The maximum Gasteiger partial charge on any atom is 0.474 e. The molecule has 0 saturated carbocycles. The highest BCUT2D eigenvalue weighted by atomic mass is 31.2. The minimum Gasteiger partial charge on any atom is -0.478 e. The van der Waals surface area contributed by atoms with Gasteiger partial charge in [0, 0.05) is 19.8 Å². The molecular formula is C8H17O6P. The molecule has 0 bridgehead atoms. The van der Waals surface area contributed by atoms with E-state index in [9.17, 15) is 9.36 Å². The summed E-state index contributed by atoms with van der Waals surface area (Å²) in [5, 5.41) is 7.89. The number of carboxylic acids is 1. The van der Waals surface area contributed by atoms with E-state index >= 15 is 0 Å². The minimum absolute atomic E-state index is 0.176. The molecule has 0 fully saturated rings. The first-order valence-electron chi connectivity index (χ1n) is 4.07. The van der Waals surface area contributed by atoms with Gasteiger partial charge < -0.3 is 5.11 Å². The molecule has 0 amide bonds. The van der Waals surface area contributed by atoms with E-state index in [2.05, 4.69) is 20.2 Å². The third-order valence-electron chi connectivity index (χ3n) is 1.10. The molecule has 0 aliphatic carbocycles. The number of rotatable bonds is 5. The van der Waals surface area contributed by atoms with Crippen LogP contribution in [0.2, 0.25) is 0 Å². The van der Waals surface area contributed by atoms with Crippen LogP contribution < -0.4 is 0 Å². The summed E-state index contributed by atoms with van der Waals surface area (Å²) >= 11 is 0. The van der Waals surface area contributed by atoms with Crippen molar-refractivity contribution in [1.29, 1.82) is 0 Å². The van der Waals surface area contributed by atoms with Crippen LogP contribution in [-0.2, 0) is 22.9 Å². The predicted octanol–water partition coefficient (Wildman–Crippen LogP) is 2.07. The van der Waals surface area contributed by atoms with E-state index in [1.165, 1.54) is 21.1 Å². The van der Waals surface area contributed by atoms with E-state index < -0.39 is 13.8 Å². The number of aliphatic carboxylic acids is 1. The number of phosphoric acid groups is 1. The zero-order valence-electron chi connectivity index (χ0n) is 9.35. The maximum atomic E-state index is 10.9. The first-order valence-corrected chi connectivity index (χ1v) is 5.53. The number of hydrogen-bond acceptors (Lipinski definition) is 5. The second-order valence-corrected chi connectivity index (χ2v) is 4.20. The van der Waals surface area contributed by atoms with Gasteiger partial charge in [-0.3, -0.25) is 13.6 Å². The lowest BCUT2D eigenvalue weighted by molar-refractivity contribution is -0.132. The van der Waals surface area contributed by atoms with Crippen molar-refractivity contribution in [3.63, 3.8) is 0 Å². The molecule has 1 N–H and O–H groups in total. The van der Waals surface area contributed by atoms with Gasteiger partial charge in [0.1, 0.15) is 0 Å². The normalized spacial score (nSPS) is 10.1. The van der Waals surface area contributed by atoms with E-state index in [4.69, 9.17) is 5.11 Å². The van der Waals surface area contributed by atoms with E-state index in [1.807, 2.05) is 0 Å². The summed E-state index contributed by atoms with van der Waals surface area (Å²) in [6.07, 6.45) is 0. The van der Waals surface area contributed by atoms with Crippen molar-refractivity contribution in [3.8, 4) is 0 Å². The Morgan fingerprint density at radius 1 is 1.40 bits per heavy atom. The zero-order chi connectivity index (χ0) is 12.5. The van der Waals surface area contributed by atoms with E-state index in [-0.39, 0.29) is 5.57 Å². The molecule has 6 nitrogen and oxygen atoms in total. The summed E-state index contributed by atoms with van der Waals surface area (Å²) in [7, 11) is -0.626. The van der Waals surface area contributed by atoms with E-state index in [1.54, 1.807) is 6.92 Å². The Balaban J connectivity index is 0. The SMILES string of the molecule is C=C(C)C(=O)O.CCOP(=O)(OC)OC. The van der Waals surface area contributed by atoms with Crippen molar-refractivity contribution in [2.24, 2.45) is 0 Å². The van der Waals surface area contributed by atoms with Gasteiger partial charge in [-0.15, -0.1) is 0 Å². The largest absolute Gasteiger partial charge is 0.478 e. The van der Waals surface area contributed by atoms with Gasteiger partial charge in [-0.05, 0) is 13.8 Å². The first-order chi connectivity index (χ1) is 6.82. The smallest absolute Gasteiger partial charge is 0.474 e. The number of carbonyl (C=O) groups is 1. The number of hydrogen-bond donors (Lipinski definition) is 1. The third kappa shape index (κ3) is 9.62. The molecule has 7 heteroatoms. The van der Waals surface area contributed by atoms with Crippen molar-refractivity contribution in [3.05, 3.63) is 12.2 Å². The summed E-state index contributed by atoms with van der Waals surface area (Å²) in [5.41, 5.74) is 0.176. The lowest BCUT2D eigenvalue weighted by Crippen LogP contribution is -1.93. The molecule has 90 valence electrons. The molecule has 0 saturated heterocycles. The molecular weight excluding hydrogens is 223 g/mol. The van der Waals surface area contributed by atoms with Crippen molar-refractivity contribution in [2.75, 3.05) is 20.8 Å². The molecule has 0 heterocycles. The van der Waals surface area contributed by atoms with Crippen LogP contribution in [0.1, 0.15) is 13.8 Å².